The number of hydrogen-bond acceptors (Lipinski definition) is 1. The maximum absolute atomic E-state index is 10.4. The molecule has 0 atom stereocenters. The second-order valence-corrected chi connectivity index (χ2v) is 6.49. The molecule has 1 aromatic rings. The van der Waals surface area contributed by atoms with Crippen molar-refractivity contribution in [2.75, 3.05) is 0 Å². The lowest BCUT2D eigenvalue weighted by Crippen LogP contribution is -2.17. The summed E-state index contributed by atoms with van der Waals surface area (Å²) in [6, 6.07) is 6.00. The van der Waals surface area contributed by atoms with E-state index >= 15 is 0 Å². The number of phenols is 1. The Balaban J connectivity index is 0.00000254. The van der Waals surface area contributed by atoms with Crippen LogP contribution in [0.1, 0.15) is 77.8 Å². The zero-order valence-electron chi connectivity index (χ0n) is 16.4. The Morgan fingerprint density at radius 2 is 1.79 bits per heavy atom. The second-order valence-electron chi connectivity index (χ2n) is 6.49. The normalized spacial score (nSPS) is 11.5. The summed E-state index contributed by atoms with van der Waals surface area (Å²) in [5.74, 6) is 0.312. The van der Waals surface area contributed by atoms with E-state index in [9.17, 15) is 5.11 Å². The molecule has 0 aromatic heterocycles. The lowest BCUT2D eigenvalue weighted by molar-refractivity contribution is 0.437. The highest BCUT2D eigenvalue weighted by Gasteiger charge is 2.21. The Morgan fingerprint density at radius 1 is 1.12 bits per heavy atom. The van der Waals surface area contributed by atoms with Crippen LogP contribution in [0.4, 0.5) is 0 Å². The van der Waals surface area contributed by atoms with Gasteiger partial charge in [-0.25, -0.2) is 0 Å². The quantitative estimate of drug-likeness (QED) is 0.369. The summed E-state index contributed by atoms with van der Waals surface area (Å²) in [4.78, 5) is 0. The Kier molecular flexibility index (Phi) is 10.9. The molecule has 0 heterocycles. The van der Waals surface area contributed by atoms with Crippen molar-refractivity contribution in [2.24, 2.45) is 0 Å². The van der Waals surface area contributed by atoms with Gasteiger partial charge in [0.2, 0.25) is 0 Å². The minimum absolute atomic E-state index is 0.0836. The van der Waals surface area contributed by atoms with Crippen LogP contribution in [0, 0.1) is 0 Å². The van der Waals surface area contributed by atoms with E-state index in [1.54, 1.807) is 12.2 Å². The van der Waals surface area contributed by atoms with Crippen LogP contribution < -0.4 is 0 Å². The van der Waals surface area contributed by atoms with Gasteiger partial charge in [0, 0.05) is 5.56 Å². The van der Waals surface area contributed by atoms with Gasteiger partial charge in [-0.05, 0) is 29.0 Å². The number of unbranched alkanes of at least 4 members (excludes halogenated alkanes) is 3. The van der Waals surface area contributed by atoms with Crippen LogP contribution in [0.2, 0.25) is 0 Å². The lowest BCUT2D eigenvalue weighted by Gasteiger charge is -2.26. The molecule has 0 aliphatic heterocycles. The van der Waals surface area contributed by atoms with Gasteiger partial charge in [0.15, 0.2) is 0 Å². The molecule has 1 N–H and O–H groups in total. The van der Waals surface area contributed by atoms with E-state index in [0.717, 1.165) is 17.6 Å². The van der Waals surface area contributed by atoms with Crippen LogP contribution in [0.5, 0.6) is 5.75 Å². The van der Waals surface area contributed by atoms with Crippen LogP contribution in [-0.2, 0) is 5.41 Å². The average Bonchev–Trinajstić information content (AvgIpc) is 2.58. The predicted molar refractivity (Wildman–Crippen MR) is 110 cm³/mol. The molecule has 24 heavy (non-hydrogen) atoms. The van der Waals surface area contributed by atoms with Crippen LogP contribution in [-0.4, -0.2) is 5.11 Å². The van der Waals surface area contributed by atoms with Crippen LogP contribution >= 0.6 is 0 Å². The molecule has 1 nitrogen and oxygen atoms in total. The summed E-state index contributed by atoms with van der Waals surface area (Å²) >= 11 is 0. The summed E-state index contributed by atoms with van der Waals surface area (Å²) in [6.07, 6.45) is 11.5. The highest BCUT2D eigenvalue weighted by molar-refractivity contribution is 5.78. The second kappa shape index (κ2) is 11.7. The molecule has 0 unspecified atom stereocenters. The van der Waals surface area contributed by atoms with Crippen molar-refractivity contribution in [2.45, 2.75) is 72.1 Å². The fourth-order valence-electron chi connectivity index (χ4n) is 2.73. The molecule has 0 spiro atoms. The van der Waals surface area contributed by atoms with Gasteiger partial charge in [-0.1, -0.05) is 104 Å². The molecule has 1 aromatic carbocycles. The molecule has 0 aliphatic carbocycles. The molecule has 0 saturated heterocycles. The van der Waals surface area contributed by atoms with Crippen LogP contribution in [0.25, 0.3) is 5.57 Å². The molecule has 0 amide bonds. The van der Waals surface area contributed by atoms with Gasteiger partial charge in [-0.15, -0.1) is 0 Å². The monoisotopic (exact) mass is 328 g/mol. The van der Waals surface area contributed by atoms with Crippen molar-refractivity contribution in [3.8, 4) is 5.75 Å². The summed E-state index contributed by atoms with van der Waals surface area (Å²) < 4.78 is 0. The minimum atomic E-state index is 0.0836. The van der Waals surface area contributed by atoms with E-state index in [4.69, 9.17) is 0 Å². The van der Waals surface area contributed by atoms with Gasteiger partial charge in [-0.3, -0.25) is 0 Å². The van der Waals surface area contributed by atoms with E-state index in [2.05, 4.69) is 40.0 Å². The number of rotatable bonds is 9. The molecule has 0 fully saturated rings. The molecule has 0 saturated carbocycles. The van der Waals surface area contributed by atoms with Crippen molar-refractivity contribution in [1.82, 2.24) is 0 Å². The van der Waals surface area contributed by atoms with E-state index in [1.807, 2.05) is 32.1 Å². The molecule has 1 heteroatoms. The first kappa shape index (κ1) is 22.2. The number of allylic oxidation sites excluding steroid dienone is 4. The fraction of sp³-hybridized carbons (Fsp3) is 0.478. The standard InChI is InChI=1S/C21H30O.C2H6/c1-6-9-10-11-15-21(4,5)18-13-14-19(20(22)16-18)17(8-3)12-7-2;1-2/h7-8,12-14,16,22H,2-3,6,9-11,15H2,1,4-5H3;1-2H3/b17-12+;. The molecular weight excluding hydrogens is 292 g/mol. The Hall–Kier alpha value is -1.76. The topological polar surface area (TPSA) is 20.2 Å². The third-order valence-electron chi connectivity index (χ3n) is 4.26. The van der Waals surface area contributed by atoms with Crippen molar-refractivity contribution < 1.29 is 5.11 Å². The fourth-order valence-corrected chi connectivity index (χ4v) is 2.73. The van der Waals surface area contributed by atoms with Gasteiger partial charge in [0.1, 0.15) is 5.75 Å². The SMILES string of the molecule is C=C/C=C(\C=C)c1ccc(C(C)(C)CCCCCC)cc1O.CC. The molecule has 0 radical (unpaired) electrons. The number of benzene rings is 1. The highest BCUT2D eigenvalue weighted by atomic mass is 16.3. The van der Waals surface area contributed by atoms with E-state index in [0.29, 0.717) is 5.75 Å². The summed E-state index contributed by atoms with van der Waals surface area (Å²) in [5, 5.41) is 10.4. The summed E-state index contributed by atoms with van der Waals surface area (Å²) in [6.45, 7) is 18.2. The summed E-state index contributed by atoms with van der Waals surface area (Å²) in [7, 11) is 0. The zero-order valence-corrected chi connectivity index (χ0v) is 16.4. The zero-order chi connectivity index (χ0) is 18.6. The highest BCUT2D eigenvalue weighted by Crippen LogP contribution is 2.35. The third kappa shape index (κ3) is 6.78. The van der Waals surface area contributed by atoms with Crippen LogP contribution in [0.3, 0.4) is 0 Å². The molecule has 0 bridgehead atoms. The van der Waals surface area contributed by atoms with Gasteiger partial charge in [-0.2, -0.15) is 0 Å². The Morgan fingerprint density at radius 3 is 2.29 bits per heavy atom. The van der Waals surface area contributed by atoms with Gasteiger partial charge < -0.3 is 5.11 Å². The van der Waals surface area contributed by atoms with E-state index in [1.165, 1.54) is 31.2 Å². The first-order valence-corrected chi connectivity index (χ1v) is 9.25. The molecule has 1 rings (SSSR count). The minimum Gasteiger partial charge on any atom is -0.507 e. The predicted octanol–water partition coefficient (Wildman–Crippen LogP) is 7.42. The van der Waals surface area contributed by atoms with Gasteiger partial charge in [0.05, 0.1) is 0 Å². The Labute approximate surface area is 149 Å². The molecular formula is C23H36O. The smallest absolute Gasteiger partial charge is 0.123 e. The Bertz CT molecular complexity index is 535. The van der Waals surface area contributed by atoms with Gasteiger partial charge >= 0.3 is 0 Å². The third-order valence-corrected chi connectivity index (χ3v) is 4.26. The first-order valence-electron chi connectivity index (χ1n) is 9.25. The van der Waals surface area contributed by atoms with Gasteiger partial charge in [0.25, 0.3) is 0 Å². The van der Waals surface area contributed by atoms with Crippen molar-refractivity contribution in [3.63, 3.8) is 0 Å². The average molecular weight is 329 g/mol. The number of phenolic OH excluding ortho intramolecular Hbond substituents is 1. The first-order chi connectivity index (χ1) is 11.5. The molecule has 0 aliphatic rings. The van der Waals surface area contributed by atoms with E-state index in [-0.39, 0.29) is 5.41 Å². The van der Waals surface area contributed by atoms with Crippen molar-refractivity contribution in [3.05, 3.63) is 60.7 Å². The summed E-state index contributed by atoms with van der Waals surface area (Å²) in [5.41, 5.74) is 2.97. The maximum Gasteiger partial charge on any atom is 0.123 e. The van der Waals surface area contributed by atoms with Crippen molar-refractivity contribution >= 4 is 5.57 Å². The van der Waals surface area contributed by atoms with E-state index < -0.39 is 0 Å². The lowest BCUT2D eigenvalue weighted by atomic mass is 9.79. The van der Waals surface area contributed by atoms with Crippen molar-refractivity contribution in [1.29, 1.82) is 0 Å². The number of aromatic hydroxyl groups is 1. The molecule has 134 valence electrons. The maximum atomic E-state index is 10.4. The number of hydrogen-bond donors (Lipinski definition) is 1. The van der Waals surface area contributed by atoms with Crippen LogP contribution in [0.15, 0.2) is 49.6 Å². The largest absolute Gasteiger partial charge is 0.507 e.